The fraction of sp³-hybridized carbons (Fsp3) is 0.677. The van der Waals surface area contributed by atoms with E-state index in [0.717, 1.165) is 0 Å². The van der Waals surface area contributed by atoms with Crippen LogP contribution in [0.1, 0.15) is 0 Å². The van der Waals surface area contributed by atoms with Crippen molar-refractivity contribution in [3.8, 4) is 0 Å². The van der Waals surface area contributed by atoms with Crippen LogP contribution < -0.4 is 0 Å². The van der Waals surface area contributed by atoms with Crippen LogP contribution in [0.3, 0.4) is 0 Å². The zero-order chi connectivity index (χ0) is 85.2. The molecule has 0 aliphatic rings. The molecule has 0 N–H and O–H groups in total. The van der Waals surface area contributed by atoms with Gasteiger partial charge in [-0.1, -0.05) is 15.5 Å². The molecule has 0 rings (SSSR count). The first-order valence-corrected chi connectivity index (χ1v) is 25.6. The molecular formula is C31H12F50O17S4. The maximum absolute atomic E-state index is 13.8. The molecule has 0 aromatic rings. The van der Waals surface area contributed by atoms with Crippen LogP contribution in [0, 0.1) is 0 Å². The van der Waals surface area contributed by atoms with Gasteiger partial charge in [0.1, 0.15) is 0 Å². The van der Waals surface area contributed by atoms with Crippen molar-refractivity contribution >= 4 is 40.9 Å². The summed E-state index contributed by atoms with van der Waals surface area (Å²) in [4.78, 5) is 0. The van der Waals surface area contributed by atoms with Crippen LogP contribution in [0.5, 0.6) is 0 Å². The third kappa shape index (κ3) is 23.0. The highest BCUT2D eigenvalue weighted by atomic mass is 32.3. The van der Waals surface area contributed by atoms with Crippen molar-refractivity contribution in [2.45, 2.75) is 124 Å². The fourth-order valence-corrected chi connectivity index (χ4v) is 4.98. The maximum Gasteiger partial charge on any atom is 0.527 e. The standard InChI is InChI=1S/C10H2F18O5S.C8H2F14O5S.C7H2F12O4S.C4H2F6O3S.C2H4/c1-2(11)31-7(20,21)3(12,5(14,15)16)32-8(22,23)4(13,6(17,18)19)33-9(24,25)10(26,27)34(28,29)30;1-2(9)25-4(11,12)3(10,5(13,14)27-8(19,20)21)26-6(15,16)7(17,18)28(22,23)24;1-2(8)22-5(13,14)3(9,4(10,11)12)23-6(15,16)7(17,18)24(19,20)21;1-2(5)13-3(6,7)4(8,9)14(10,11)12;1-2/h1H2;1H2;1H2;1H2;1-2H2. The predicted octanol–water partition coefficient (Wildman–Crippen LogP) is 16.4. The Morgan fingerprint density at radius 2 is 0.353 bits per heavy atom. The summed E-state index contributed by atoms with van der Waals surface area (Å²) in [6.45, 7) is 13.1. The van der Waals surface area contributed by atoms with Gasteiger partial charge < -0.3 is 18.9 Å². The van der Waals surface area contributed by atoms with Crippen molar-refractivity contribution in [2.75, 3.05) is 0 Å². The van der Waals surface area contributed by atoms with Crippen molar-refractivity contribution in [1.82, 2.24) is 0 Å². The first-order valence-electron chi connectivity index (χ1n) is 20.0. The number of hydrogen-bond donors (Lipinski definition) is 0. The van der Waals surface area contributed by atoms with Gasteiger partial charge >= 0.3 is 165 Å². The first-order chi connectivity index (χ1) is 43.2. The van der Waals surface area contributed by atoms with E-state index in [1.807, 2.05) is 6.58 Å². The molecule has 0 bridgehead atoms. The Balaban J connectivity index is -0.000000421. The maximum atomic E-state index is 13.8. The second-order valence-corrected chi connectivity index (χ2v) is 20.7. The lowest BCUT2D eigenvalue weighted by atomic mass is 10.2. The average molecular weight is 1730 g/mol. The molecule has 0 aliphatic heterocycles. The zero-order valence-corrected chi connectivity index (χ0v) is 47.5. The molecule has 102 heavy (non-hydrogen) atoms. The third-order valence-corrected chi connectivity index (χ3v) is 11.2. The van der Waals surface area contributed by atoms with Gasteiger partial charge in [0, 0.05) is 0 Å². The Bertz CT molecular complexity index is 3380. The Kier molecular flexibility index (Phi) is 31.6. The van der Waals surface area contributed by atoms with Gasteiger partial charge in [0.2, 0.25) is 0 Å². The molecule has 0 spiro atoms. The van der Waals surface area contributed by atoms with Crippen LogP contribution in [0.2, 0.25) is 0 Å². The second-order valence-electron chi connectivity index (χ2n) is 15.1. The molecule has 0 saturated heterocycles. The molecule has 0 fully saturated rings. The largest absolute Gasteiger partial charge is 0.527 e. The van der Waals surface area contributed by atoms with E-state index in [2.05, 4.69) is 32.1 Å². The Morgan fingerprint density at radius 3 is 0.520 bits per heavy atom. The average Bonchev–Trinajstić information content (AvgIpc) is 0.729. The quantitative estimate of drug-likeness (QED) is 0.0282. The van der Waals surface area contributed by atoms with Gasteiger partial charge in [0.05, 0.1) is 0 Å². The summed E-state index contributed by atoms with van der Waals surface area (Å²) in [6.07, 6.45) is -95.8. The van der Waals surface area contributed by atoms with Crippen LogP contribution >= 0.6 is 0 Å². The Hall–Kier alpha value is -6.00. The summed E-state index contributed by atoms with van der Waals surface area (Å²) in [6, 6.07) is -11.5. The number of alkyl halides is 42. The van der Waals surface area contributed by atoms with E-state index in [9.17, 15) is 251 Å². The molecular weight excluding hydrogens is 1720 g/mol. The van der Waals surface area contributed by atoms with Crippen LogP contribution in [0.25, 0.3) is 0 Å². The highest BCUT2D eigenvalue weighted by Crippen LogP contribution is 2.60. The minimum atomic E-state index is -8.29. The van der Waals surface area contributed by atoms with Gasteiger partial charge in [0.15, 0.2) is 0 Å². The van der Waals surface area contributed by atoms with Crippen molar-refractivity contribution in [3.05, 3.63) is 63.5 Å². The molecule has 4 atom stereocenters. The van der Waals surface area contributed by atoms with E-state index in [4.69, 9.17) is 0 Å². The van der Waals surface area contributed by atoms with E-state index in [1.165, 1.54) is 14.2 Å². The minimum absolute atomic E-state index is 1.22. The van der Waals surface area contributed by atoms with E-state index in [-0.39, 0.29) is 0 Å². The van der Waals surface area contributed by atoms with E-state index >= 15 is 0 Å². The lowest BCUT2D eigenvalue weighted by molar-refractivity contribution is -0.562. The molecule has 4 unspecified atom stereocenters. The van der Waals surface area contributed by atoms with Crippen LogP contribution in [-0.2, 0) is 83.5 Å². The summed E-state index contributed by atoms with van der Waals surface area (Å²) in [7, 11) is -30.8. The molecule has 0 amide bonds. The van der Waals surface area contributed by atoms with E-state index < -0.39 is 189 Å². The number of ether oxygens (including phenoxy) is 9. The molecule has 0 radical (unpaired) electrons. The smallest absolute Gasteiger partial charge is 0.402 e. The van der Waals surface area contributed by atoms with Gasteiger partial charge in [-0.25, -0.2) is 4.74 Å². The molecule has 612 valence electrons. The van der Waals surface area contributed by atoms with Gasteiger partial charge in [-0.15, -0.1) is 26.3 Å². The molecule has 17 nitrogen and oxygen atoms in total. The van der Waals surface area contributed by atoms with Crippen molar-refractivity contribution < 1.29 is 294 Å². The molecule has 0 heterocycles. The number of rotatable bonds is 30. The lowest BCUT2D eigenvalue weighted by Crippen LogP contribution is -2.69. The van der Waals surface area contributed by atoms with Crippen molar-refractivity contribution in [1.29, 1.82) is 0 Å². The molecule has 0 saturated carbocycles. The number of halogens is 50. The third-order valence-electron chi connectivity index (χ3n) is 7.82. The monoisotopic (exact) mass is 1730 g/mol. The summed E-state index contributed by atoms with van der Waals surface area (Å²) in [5.41, 5.74) is 0. The van der Waals surface area contributed by atoms with E-state index in [0.29, 0.717) is 0 Å². The van der Waals surface area contributed by atoms with Gasteiger partial charge in [-0.05, 0) is 26.3 Å². The lowest BCUT2D eigenvalue weighted by Gasteiger charge is -2.41. The number of hydrogen-bond acceptors (Lipinski definition) is 17. The zero-order valence-electron chi connectivity index (χ0n) is 44.2. The molecule has 0 aliphatic carbocycles. The Morgan fingerprint density at radius 1 is 0.216 bits per heavy atom. The second kappa shape index (κ2) is 30.8. The summed E-state index contributed by atoms with van der Waals surface area (Å²) in [5.74, 6) is -30.9. The first kappa shape index (κ1) is 105. The normalized spacial score (nSPS) is 17.0. The van der Waals surface area contributed by atoms with Crippen LogP contribution in [0.4, 0.5) is 218 Å². The summed E-state index contributed by atoms with van der Waals surface area (Å²) >= 11 is 0. The summed E-state index contributed by atoms with van der Waals surface area (Å²) < 4.78 is 727. The summed E-state index contributed by atoms with van der Waals surface area (Å²) in [5, 5.41) is -28.6. The molecule has 71 heteroatoms. The minimum Gasteiger partial charge on any atom is -0.402 e. The van der Waals surface area contributed by atoms with Crippen molar-refractivity contribution in [3.63, 3.8) is 0 Å². The highest BCUT2D eigenvalue weighted by molar-refractivity contribution is 7.88. The Labute approximate surface area is 522 Å². The van der Waals surface area contributed by atoms with Gasteiger partial charge in [-0.2, -0.15) is 222 Å². The highest BCUT2D eigenvalue weighted by Gasteiger charge is 2.89. The fourth-order valence-electron chi connectivity index (χ4n) is 3.68. The molecule has 0 aromatic carbocycles. The van der Waals surface area contributed by atoms with Gasteiger partial charge in [0.25, 0.3) is 24.1 Å². The molecule has 0 aromatic heterocycles. The van der Waals surface area contributed by atoms with Crippen molar-refractivity contribution in [2.24, 2.45) is 0 Å². The SMILES string of the molecule is C=C.C=C(F)OC(F)(F)C(F)(F)S(=O)(=O)F.C=C(F)OC(F)(F)C(F)(OC(F)(F)C(F)(F)S(=O)(=O)F)C(F)(F)F.C=C(F)OC(F)(F)C(F)(OC(F)(F)C(F)(F)S(=O)(=O)F)C(F)(F)OC(F)(F)F.C=C(F)OC(F)(F)C(F)(OC(F)(F)C(F)(OC(F)(F)C(F)(F)S(=O)(=O)F)C(F)(F)F)C(F)(F)F. The van der Waals surface area contributed by atoms with E-state index in [1.54, 1.807) is 29.2 Å². The topological polar surface area (TPSA) is 220 Å². The van der Waals surface area contributed by atoms with Crippen LogP contribution in [-0.4, -0.2) is 158 Å². The van der Waals surface area contributed by atoms with Gasteiger partial charge in [-0.3, -0.25) is 18.9 Å². The van der Waals surface area contributed by atoms with Crippen LogP contribution in [0.15, 0.2) is 63.5 Å². The predicted molar refractivity (Wildman–Crippen MR) is 206 cm³/mol.